The zero-order chi connectivity index (χ0) is 53.5. The third-order valence-corrected chi connectivity index (χ3v) is 13.4. The summed E-state index contributed by atoms with van der Waals surface area (Å²) < 4.78 is 53.7. The molecule has 3 rings (SSSR count). The van der Waals surface area contributed by atoms with Crippen molar-refractivity contribution < 1.29 is 60.6 Å². The van der Waals surface area contributed by atoms with E-state index in [4.69, 9.17) is 23.1 Å². The molecule has 18 nitrogen and oxygen atoms in total. The van der Waals surface area contributed by atoms with E-state index in [-0.39, 0.29) is 56.6 Å². The molecule has 5 N–H and O–H groups in total. The predicted molar refractivity (Wildman–Crippen MR) is 275 cm³/mol. The van der Waals surface area contributed by atoms with Crippen LogP contribution in [0.4, 0.5) is 0 Å². The molecule has 2 aromatic rings. The molecule has 1 aliphatic rings. The molecule has 1 saturated heterocycles. The quantitative estimate of drug-likeness (QED) is 0.0626. The number of nitrogens with zero attached hydrogens (tertiary/aromatic N) is 1. The van der Waals surface area contributed by atoms with Gasteiger partial charge in [-0.2, -0.15) is 8.42 Å². The zero-order valence-corrected chi connectivity index (χ0v) is 45.3. The highest BCUT2D eigenvalue weighted by Gasteiger charge is 2.40. The van der Waals surface area contributed by atoms with Gasteiger partial charge in [0.1, 0.15) is 30.3 Å². The van der Waals surface area contributed by atoms with Crippen LogP contribution in [0.15, 0.2) is 60.7 Å². The molecule has 1 heterocycles. The van der Waals surface area contributed by atoms with Crippen LogP contribution < -0.4 is 21.3 Å². The Morgan fingerprint density at radius 1 is 0.681 bits per heavy atom. The van der Waals surface area contributed by atoms with E-state index < -0.39 is 87.0 Å². The number of carbonyl (C=O) groups excluding carboxylic acids is 5. The summed E-state index contributed by atoms with van der Waals surface area (Å²) in [4.78, 5) is 72.3. The smallest absolute Gasteiger partial charge is 0.269 e. The minimum absolute atomic E-state index is 0.00331. The van der Waals surface area contributed by atoms with Crippen LogP contribution in [0.3, 0.4) is 0 Å². The number of aliphatic hydroxyl groups is 1. The molecule has 406 valence electrons. The monoisotopic (exact) mass is 1030 g/mol. The molecule has 0 spiro atoms. The van der Waals surface area contributed by atoms with Crippen LogP contribution >= 0.6 is 0 Å². The van der Waals surface area contributed by atoms with Crippen molar-refractivity contribution >= 4 is 39.5 Å². The average Bonchev–Trinajstić information content (AvgIpc) is 3.31. The molecular formula is C53H85N5O13S. The summed E-state index contributed by atoms with van der Waals surface area (Å²) in [6, 6.07) is 13.8. The van der Waals surface area contributed by atoms with Gasteiger partial charge in [0.15, 0.2) is 5.78 Å². The molecule has 0 radical (unpaired) electrons. The second kappa shape index (κ2) is 30.1. The Morgan fingerprint density at radius 2 is 1.18 bits per heavy atom. The first-order chi connectivity index (χ1) is 33.8. The van der Waals surface area contributed by atoms with Gasteiger partial charge >= 0.3 is 0 Å². The maximum atomic E-state index is 14.4. The van der Waals surface area contributed by atoms with Crippen LogP contribution in [-0.4, -0.2) is 161 Å². The lowest BCUT2D eigenvalue weighted by Gasteiger charge is -2.31. The summed E-state index contributed by atoms with van der Waals surface area (Å²) in [5.41, 5.74) is -1.86. The average molecular weight is 1030 g/mol. The highest BCUT2D eigenvalue weighted by atomic mass is 32.2. The number of hydrogen-bond donors (Lipinski definition) is 5. The highest BCUT2D eigenvalue weighted by Crippen LogP contribution is 2.21. The van der Waals surface area contributed by atoms with Crippen molar-refractivity contribution in [3.8, 4) is 0 Å². The fourth-order valence-corrected chi connectivity index (χ4v) is 8.72. The Balaban J connectivity index is 1.75. The lowest BCUT2D eigenvalue weighted by atomic mass is 9.90. The van der Waals surface area contributed by atoms with Gasteiger partial charge in [-0.15, -0.1) is 0 Å². The van der Waals surface area contributed by atoms with Crippen LogP contribution in [0.25, 0.3) is 0 Å². The molecule has 1 fully saturated rings. The maximum Gasteiger partial charge on any atom is 0.269 e. The van der Waals surface area contributed by atoms with Crippen molar-refractivity contribution in [1.82, 2.24) is 26.2 Å². The van der Waals surface area contributed by atoms with E-state index in [1.165, 1.54) is 0 Å². The molecule has 72 heavy (non-hydrogen) atoms. The number of morpholine rings is 1. The third kappa shape index (κ3) is 24.1. The Kier molecular flexibility index (Phi) is 25.9. The number of Topliss-reactive ketones (excluding diaryl/α,β-unsaturated/α-hetero) is 1. The lowest BCUT2D eigenvalue weighted by Crippen LogP contribution is -2.60. The third-order valence-electron chi connectivity index (χ3n) is 12.3. The number of hydrogen-bond acceptors (Lipinski definition) is 14. The first kappa shape index (κ1) is 62.0. The fourth-order valence-electron chi connectivity index (χ4n) is 7.90. The number of amides is 4. The molecule has 4 amide bonds. The highest BCUT2D eigenvalue weighted by molar-refractivity contribution is 7.86. The summed E-state index contributed by atoms with van der Waals surface area (Å²) in [5.74, 6) is -4.01. The van der Waals surface area contributed by atoms with Gasteiger partial charge in [-0.3, -0.25) is 33.1 Å². The molecule has 0 aromatic heterocycles. The minimum atomic E-state index is -4.29. The molecule has 2 aromatic carbocycles. The molecule has 1 unspecified atom stereocenters. The summed E-state index contributed by atoms with van der Waals surface area (Å²) in [7, 11) is -2.67. The predicted octanol–water partition coefficient (Wildman–Crippen LogP) is 3.91. The van der Waals surface area contributed by atoms with Crippen molar-refractivity contribution in [3.63, 3.8) is 0 Å². The number of methoxy groups -OCH3 is 1. The van der Waals surface area contributed by atoms with Gasteiger partial charge in [0.05, 0.1) is 56.0 Å². The zero-order valence-electron chi connectivity index (χ0n) is 44.5. The molecule has 0 bridgehead atoms. The van der Waals surface area contributed by atoms with Gasteiger partial charge in [0, 0.05) is 33.2 Å². The van der Waals surface area contributed by atoms with Crippen molar-refractivity contribution in [1.29, 1.82) is 0 Å². The van der Waals surface area contributed by atoms with Crippen LogP contribution in [0.2, 0.25) is 0 Å². The van der Waals surface area contributed by atoms with E-state index >= 15 is 0 Å². The summed E-state index contributed by atoms with van der Waals surface area (Å²) >= 11 is 0. The largest absolute Gasteiger partial charge is 0.385 e. The van der Waals surface area contributed by atoms with Gasteiger partial charge in [0.2, 0.25) is 23.6 Å². The topological polar surface area (TPSA) is 237 Å². The van der Waals surface area contributed by atoms with Gasteiger partial charge < -0.3 is 45.3 Å². The molecule has 5 atom stereocenters. The van der Waals surface area contributed by atoms with E-state index in [9.17, 15) is 37.5 Å². The Bertz CT molecular complexity index is 2080. The van der Waals surface area contributed by atoms with E-state index in [0.717, 1.165) is 12.5 Å². The van der Waals surface area contributed by atoms with Gasteiger partial charge in [-0.25, -0.2) is 0 Å². The van der Waals surface area contributed by atoms with Crippen molar-refractivity contribution in [3.05, 3.63) is 71.8 Å². The first-order valence-corrected chi connectivity index (χ1v) is 26.9. The maximum absolute atomic E-state index is 14.4. The molecule has 0 saturated carbocycles. The number of ether oxygens (including phenoxy) is 4. The Morgan fingerprint density at radius 3 is 1.76 bits per heavy atom. The SMILES string of the molecule is COCCC(C)(C)OCCC(C)(C)OCCS(=O)(=O)OCC(C)(O)C(=O)[C@H](CC(C)C)NC(=O)[C@H](Cc1ccccc1)NC(=O)[C@H](CC(C)C)NC(=O)[C@H](CCc1ccccc1)NC(=O)CN1CCOCC1. The number of nitrogens with one attached hydrogen (secondary N) is 4. The van der Waals surface area contributed by atoms with Crippen LogP contribution in [-0.2, 0) is 70.1 Å². The number of aryl methyl sites for hydroxylation is 1. The van der Waals surface area contributed by atoms with Crippen LogP contribution in [0.1, 0.15) is 106 Å². The van der Waals surface area contributed by atoms with Gasteiger partial charge in [0.25, 0.3) is 10.1 Å². The normalized spacial score (nSPS) is 16.3. The van der Waals surface area contributed by atoms with Crippen molar-refractivity contribution in [2.75, 3.05) is 72.1 Å². The van der Waals surface area contributed by atoms with Crippen LogP contribution in [0.5, 0.6) is 0 Å². The van der Waals surface area contributed by atoms with E-state index in [1.807, 2.05) is 90.6 Å². The molecule has 19 heteroatoms. The van der Waals surface area contributed by atoms with Crippen molar-refractivity contribution in [2.45, 2.75) is 148 Å². The summed E-state index contributed by atoms with van der Waals surface area (Å²) in [5, 5.41) is 22.8. The Labute approximate surface area is 428 Å². The minimum Gasteiger partial charge on any atom is -0.385 e. The second-order valence-electron chi connectivity index (χ2n) is 21.0. The second-order valence-corrected chi connectivity index (χ2v) is 22.8. The molecular weight excluding hydrogens is 947 g/mol. The molecule has 1 aliphatic heterocycles. The standard InChI is InChI=1S/C53H85N5O13S/c1-38(2)33-43(47(60)53(9,64)37-71-72(65,66)32-31-70-52(7,8)24-28-69-51(5,6)23-27-67-10)55-50(63)45(35-41-19-15-12-16-20-41)57-49(62)44(34-39(3)4)56-48(61)42(22-21-40-17-13-11-14-18-40)54-46(59)36-58-25-29-68-30-26-58/h11-20,38-39,42-45,64H,21-37H2,1-10H3,(H,54,59)(H,55,63)(H,56,61)(H,57,62)/t42-,43-,44-,45-,53?/m0/s1. The fraction of sp³-hybridized carbons (Fsp3) is 0.679. The number of benzene rings is 2. The van der Waals surface area contributed by atoms with Crippen molar-refractivity contribution in [2.24, 2.45) is 11.8 Å². The number of carbonyl (C=O) groups is 5. The molecule has 0 aliphatic carbocycles. The number of rotatable bonds is 34. The Hall–Kier alpha value is -4.34. The van der Waals surface area contributed by atoms with E-state index in [0.29, 0.717) is 64.3 Å². The van der Waals surface area contributed by atoms with Gasteiger partial charge in [-0.1, -0.05) is 88.4 Å². The number of ketones is 1. The summed E-state index contributed by atoms with van der Waals surface area (Å²) in [6.45, 7) is 18.1. The first-order valence-electron chi connectivity index (χ1n) is 25.3. The van der Waals surface area contributed by atoms with E-state index in [2.05, 4.69) is 21.3 Å². The summed E-state index contributed by atoms with van der Waals surface area (Å²) in [6.07, 6.45) is 2.16. The lowest BCUT2D eigenvalue weighted by molar-refractivity contribution is -0.143. The van der Waals surface area contributed by atoms with Gasteiger partial charge in [-0.05, 0) is 96.1 Å². The van der Waals surface area contributed by atoms with E-state index in [1.54, 1.807) is 37.4 Å². The van der Waals surface area contributed by atoms with Crippen LogP contribution in [0, 0.1) is 11.8 Å².